The molecule has 0 radical (unpaired) electrons. The minimum Gasteiger partial charge on any atom is -0.487 e. The number of ether oxygens (including phenoxy) is 2. The fourth-order valence-corrected chi connectivity index (χ4v) is 2.07. The lowest BCUT2D eigenvalue weighted by Crippen LogP contribution is -2.28. The van der Waals surface area contributed by atoms with Gasteiger partial charge in [0.1, 0.15) is 11.9 Å². The summed E-state index contributed by atoms with van der Waals surface area (Å²) in [5, 5.41) is 8.60. The summed E-state index contributed by atoms with van der Waals surface area (Å²) < 4.78 is 11.1. The van der Waals surface area contributed by atoms with Gasteiger partial charge < -0.3 is 14.6 Å². The van der Waals surface area contributed by atoms with Gasteiger partial charge in [0, 0.05) is 25.8 Å². The average molecular weight is 252 g/mol. The summed E-state index contributed by atoms with van der Waals surface area (Å²) >= 11 is 0. The van der Waals surface area contributed by atoms with Crippen molar-refractivity contribution >= 4 is 0 Å². The van der Waals surface area contributed by atoms with Crippen molar-refractivity contribution in [3.8, 4) is 5.75 Å². The highest BCUT2D eigenvalue weighted by molar-refractivity contribution is 5.16. The molecule has 1 atom stereocenters. The lowest BCUT2D eigenvalue weighted by Gasteiger charge is -2.16. The molecule has 0 amide bonds. The molecule has 1 N–H and O–H groups in total. The molecule has 1 unspecified atom stereocenters. The van der Waals surface area contributed by atoms with Crippen LogP contribution in [0.4, 0.5) is 0 Å². The molecule has 1 aromatic rings. The van der Waals surface area contributed by atoms with Gasteiger partial charge in [-0.1, -0.05) is 0 Å². The van der Waals surface area contributed by atoms with Crippen molar-refractivity contribution in [1.29, 1.82) is 0 Å². The van der Waals surface area contributed by atoms with Crippen LogP contribution in [0.5, 0.6) is 5.75 Å². The van der Waals surface area contributed by atoms with Crippen LogP contribution in [0.3, 0.4) is 0 Å². The molecule has 2 rings (SSSR count). The van der Waals surface area contributed by atoms with Gasteiger partial charge in [-0.25, -0.2) is 0 Å². The summed E-state index contributed by atoms with van der Waals surface area (Å²) in [7, 11) is 0. The standard InChI is InChI=1S/C13H20N2O3/c16-7-9-17-8-6-15-5-3-13(11-15)18-12-2-1-4-14-10-12/h1-2,4,10,13,16H,3,5-9,11H2. The maximum Gasteiger partial charge on any atom is 0.138 e. The van der Waals surface area contributed by atoms with Crippen molar-refractivity contribution in [3.05, 3.63) is 24.5 Å². The van der Waals surface area contributed by atoms with E-state index in [0.717, 1.165) is 31.8 Å². The first-order valence-electron chi connectivity index (χ1n) is 6.36. The zero-order valence-electron chi connectivity index (χ0n) is 10.5. The summed E-state index contributed by atoms with van der Waals surface area (Å²) in [5.41, 5.74) is 0. The van der Waals surface area contributed by atoms with E-state index in [1.165, 1.54) is 0 Å². The second-order valence-electron chi connectivity index (χ2n) is 4.35. The van der Waals surface area contributed by atoms with Crippen LogP contribution in [0.15, 0.2) is 24.5 Å². The fraction of sp³-hybridized carbons (Fsp3) is 0.615. The molecule has 5 nitrogen and oxygen atoms in total. The summed E-state index contributed by atoms with van der Waals surface area (Å²) in [6.45, 7) is 4.04. The molecule has 0 aromatic carbocycles. The Morgan fingerprint density at radius 2 is 2.39 bits per heavy atom. The lowest BCUT2D eigenvalue weighted by molar-refractivity contribution is 0.0758. The van der Waals surface area contributed by atoms with Gasteiger partial charge in [-0.15, -0.1) is 0 Å². The van der Waals surface area contributed by atoms with E-state index in [-0.39, 0.29) is 12.7 Å². The molecule has 100 valence electrons. The molecule has 18 heavy (non-hydrogen) atoms. The Kier molecular flexibility index (Phi) is 5.38. The highest BCUT2D eigenvalue weighted by atomic mass is 16.5. The van der Waals surface area contributed by atoms with Gasteiger partial charge in [0.25, 0.3) is 0 Å². The van der Waals surface area contributed by atoms with E-state index >= 15 is 0 Å². The van der Waals surface area contributed by atoms with E-state index < -0.39 is 0 Å². The third-order valence-corrected chi connectivity index (χ3v) is 2.95. The third kappa shape index (κ3) is 4.25. The molecular formula is C13H20N2O3. The Balaban J connectivity index is 1.65. The predicted octanol–water partition coefficient (Wildman–Crippen LogP) is 0.544. The molecule has 0 saturated carbocycles. The van der Waals surface area contributed by atoms with Gasteiger partial charge in [-0.2, -0.15) is 0 Å². The number of nitrogens with zero attached hydrogens (tertiary/aromatic N) is 2. The molecule has 5 heteroatoms. The number of aromatic nitrogens is 1. The van der Waals surface area contributed by atoms with Gasteiger partial charge >= 0.3 is 0 Å². The number of aliphatic hydroxyl groups is 1. The van der Waals surface area contributed by atoms with Gasteiger partial charge in [0.2, 0.25) is 0 Å². The number of hydrogen-bond donors (Lipinski definition) is 1. The van der Waals surface area contributed by atoms with Crippen molar-refractivity contribution in [2.75, 3.05) is 39.5 Å². The van der Waals surface area contributed by atoms with Gasteiger partial charge in [0.15, 0.2) is 0 Å². The zero-order chi connectivity index (χ0) is 12.6. The van der Waals surface area contributed by atoms with Crippen molar-refractivity contribution < 1.29 is 14.6 Å². The number of hydrogen-bond acceptors (Lipinski definition) is 5. The van der Waals surface area contributed by atoms with Crippen molar-refractivity contribution in [2.45, 2.75) is 12.5 Å². The third-order valence-electron chi connectivity index (χ3n) is 2.95. The topological polar surface area (TPSA) is 54.8 Å². The molecule has 1 aliphatic rings. The number of aliphatic hydroxyl groups excluding tert-OH is 1. The van der Waals surface area contributed by atoms with Crippen LogP contribution in [0.25, 0.3) is 0 Å². The van der Waals surface area contributed by atoms with E-state index in [1.807, 2.05) is 12.1 Å². The molecule has 1 fully saturated rings. The minimum absolute atomic E-state index is 0.0900. The van der Waals surface area contributed by atoms with Crippen LogP contribution in [0.2, 0.25) is 0 Å². The highest BCUT2D eigenvalue weighted by Crippen LogP contribution is 2.16. The predicted molar refractivity (Wildman–Crippen MR) is 67.6 cm³/mol. The van der Waals surface area contributed by atoms with Crippen molar-refractivity contribution in [1.82, 2.24) is 9.88 Å². The summed E-state index contributed by atoms with van der Waals surface area (Å²) in [6, 6.07) is 3.81. The second-order valence-corrected chi connectivity index (χ2v) is 4.35. The summed E-state index contributed by atoms with van der Waals surface area (Å²) in [4.78, 5) is 6.35. The number of pyridine rings is 1. The van der Waals surface area contributed by atoms with Crippen molar-refractivity contribution in [2.24, 2.45) is 0 Å². The number of likely N-dealkylation sites (tertiary alicyclic amines) is 1. The first-order chi connectivity index (χ1) is 8.88. The second kappa shape index (κ2) is 7.31. The SMILES string of the molecule is OCCOCCN1CCC(Oc2cccnc2)C1. The van der Waals surface area contributed by atoms with Crippen LogP contribution in [0, 0.1) is 0 Å². The Bertz CT molecular complexity index is 334. The molecule has 1 aliphatic heterocycles. The molecule has 0 bridgehead atoms. The molecule has 1 saturated heterocycles. The van der Waals surface area contributed by atoms with Crippen molar-refractivity contribution in [3.63, 3.8) is 0 Å². The van der Waals surface area contributed by atoms with Gasteiger partial charge in [-0.05, 0) is 18.6 Å². The van der Waals surface area contributed by atoms with E-state index in [2.05, 4.69) is 9.88 Å². The number of rotatable bonds is 7. The monoisotopic (exact) mass is 252 g/mol. The van der Waals surface area contributed by atoms with Gasteiger partial charge in [-0.3, -0.25) is 9.88 Å². The van der Waals surface area contributed by atoms with E-state index in [1.54, 1.807) is 12.4 Å². The first kappa shape index (κ1) is 13.3. The van der Waals surface area contributed by atoms with E-state index in [9.17, 15) is 0 Å². The maximum absolute atomic E-state index is 8.60. The summed E-state index contributed by atoms with van der Waals surface area (Å²) in [5.74, 6) is 0.834. The fourth-order valence-electron chi connectivity index (χ4n) is 2.07. The normalized spacial score (nSPS) is 20.2. The van der Waals surface area contributed by atoms with Crippen LogP contribution < -0.4 is 4.74 Å². The Morgan fingerprint density at radius 1 is 1.44 bits per heavy atom. The Morgan fingerprint density at radius 3 is 3.17 bits per heavy atom. The minimum atomic E-state index is 0.0900. The molecule has 1 aromatic heterocycles. The zero-order valence-corrected chi connectivity index (χ0v) is 10.5. The smallest absolute Gasteiger partial charge is 0.138 e. The lowest BCUT2D eigenvalue weighted by atomic mass is 10.3. The molecule has 0 aliphatic carbocycles. The largest absolute Gasteiger partial charge is 0.487 e. The first-order valence-corrected chi connectivity index (χ1v) is 6.36. The molecular weight excluding hydrogens is 232 g/mol. The average Bonchev–Trinajstić information content (AvgIpc) is 2.84. The molecule has 0 spiro atoms. The van der Waals surface area contributed by atoms with Crippen LogP contribution in [0.1, 0.15) is 6.42 Å². The molecule has 2 heterocycles. The Hall–Kier alpha value is -1.17. The van der Waals surface area contributed by atoms with Crippen LogP contribution in [-0.2, 0) is 4.74 Å². The van der Waals surface area contributed by atoms with E-state index in [0.29, 0.717) is 13.2 Å². The highest BCUT2D eigenvalue weighted by Gasteiger charge is 2.23. The van der Waals surface area contributed by atoms with Crippen LogP contribution >= 0.6 is 0 Å². The Labute approximate surface area is 107 Å². The van der Waals surface area contributed by atoms with Crippen LogP contribution in [-0.4, -0.2) is 60.5 Å². The maximum atomic E-state index is 8.60. The quantitative estimate of drug-likeness (QED) is 0.718. The van der Waals surface area contributed by atoms with Gasteiger partial charge in [0.05, 0.1) is 26.0 Å². The summed E-state index contributed by atoms with van der Waals surface area (Å²) in [6.07, 6.45) is 4.76. The van der Waals surface area contributed by atoms with E-state index in [4.69, 9.17) is 14.6 Å².